The normalized spacial score (nSPS) is 21.2. The Morgan fingerprint density at radius 2 is 2.15 bits per heavy atom. The van der Waals surface area contributed by atoms with Crippen molar-refractivity contribution in [2.45, 2.75) is 19.3 Å². The van der Waals surface area contributed by atoms with Crippen molar-refractivity contribution >= 4 is 12.4 Å². The molecule has 1 rings (SSSR count). The Hall–Kier alpha value is -1.32. The second-order valence-corrected chi connectivity index (χ2v) is 3.08. The maximum atomic E-state index is 10.6. The van der Waals surface area contributed by atoms with Gasteiger partial charge in [-0.2, -0.15) is 0 Å². The van der Waals surface area contributed by atoms with Crippen LogP contribution in [0.15, 0.2) is 11.6 Å². The quantitative estimate of drug-likeness (QED) is 0.492. The fraction of sp³-hybridized carbons (Fsp3) is 0.556. The highest BCUT2D eigenvalue weighted by Crippen LogP contribution is 2.15. The molecule has 13 heavy (non-hydrogen) atoms. The van der Waals surface area contributed by atoms with E-state index in [1.165, 1.54) is 4.90 Å². The molecular weight excluding hydrogens is 170 g/mol. The van der Waals surface area contributed by atoms with Gasteiger partial charge in [-0.25, -0.2) is 4.79 Å². The van der Waals surface area contributed by atoms with Gasteiger partial charge in [0.25, 0.3) is 0 Å². The molecule has 0 bridgehead atoms. The lowest BCUT2D eigenvalue weighted by Gasteiger charge is -2.14. The number of rotatable bonds is 1. The van der Waals surface area contributed by atoms with Gasteiger partial charge < -0.3 is 10.0 Å². The van der Waals surface area contributed by atoms with Crippen LogP contribution in [0, 0.1) is 0 Å². The number of likely N-dealkylation sites (tertiary alicyclic amines) is 1. The summed E-state index contributed by atoms with van der Waals surface area (Å²) in [5.74, 6) is 0. The molecule has 72 valence electrons. The number of allylic oxidation sites excluding steroid dienone is 1. The van der Waals surface area contributed by atoms with Crippen molar-refractivity contribution < 1.29 is 14.7 Å². The summed E-state index contributed by atoms with van der Waals surface area (Å²) >= 11 is 0. The van der Waals surface area contributed by atoms with Gasteiger partial charge in [0.15, 0.2) is 0 Å². The summed E-state index contributed by atoms with van der Waals surface area (Å²) in [7, 11) is 0. The second-order valence-electron chi connectivity index (χ2n) is 3.08. The standard InChI is InChI=1S/C9H13NO3/c11-7-4-8-2-1-5-10(6-3-8)9(12)13/h4,7H,1-3,5-6H2,(H,12,13). The van der Waals surface area contributed by atoms with Crippen molar-refractivity contribution in [3.05, 3.63) is 11.6 Å². The fourth-order valence-electron chi connectivity index (χ4n) is 1.47. The minimum absolute atomic E-state index is 0.509. The molecule has 0 unspecified atom stereocenters. The van der Waals surface area contributed by atoms with Crippen LogP contribution in [0.3, 0.4) is 0 Å². The van der Waals surface area contributed by atoms with Gasteiger partial charge in [-0.15, -0.1) is 0 Å². The molecule has 1 amide bonds. The Labute approximate surface area is 76.8 Å². The molecule has 4 nitrogen and oxygen atoms in total. The summed E-state index contributed by atoms with van der Waals surface area (Å²) in [5, 5.41) is 8.72. The molecule has 1 fully saturated rings. The summed E-state index contributed by atoms with van der Waals surface area (Å²) in [5.41, 5.74) is 1.05. The minimum atomic E-state index is -0.868. The Kier molecular flexibility index (Phi) is 3.49. The topological polar surface area (TPSA) is 57.6 Å². The summed E-state index contributed by atoms with van der Waals surface area (Å²) in [6.07, 6.45) is 3.78. The lowest BCUT2D eigenvalue weighted by atomic mass is 10.1. The number of hydrogen-bond acceptors (Lipinski definition) is 2. The number of hydrogen-bond donors (Lipinski definition) is 1. The number of amides is 1. The van der Waals surface area contributed by atoms with E-state index >= 15 is 0 Å². The van der Waals surface area contributed by atoms with Gasteiger partial charge in [-0.05, 0) is 25.3 Å². The summed E-state index contributed by atoms with van der Waals surface area (Å²) < 4.78 is 0. The maximum Gasteiger partial charge on any atom is 0.407 e. The van der Waals surface area contributed by atoms with Gasteiger partial charge in [0, 0.05) is 13.1 Å². The van der Waals surface area contributed by atoms with E-state index in [0.717, 1.165) is 24.7 Å². The van der Waals surface area contributed by atoms with Crippen molar-refractivity contribution in [3.8, 4) is 0 Å². The molecule has 4 heteroatoms. The van der Waals surface area contributed by atoms with E-state index in [0.29, 0.717) is 19.5 Å². The van der Waals surface area contributed by atoms with Crippen molar-refractivity contribution in [2.24, 2.45) is 0 Å². The van der Waals surface area contributed by atoms with E-state index in [1.807, 2.05) is 0 Å². The molecule has 0 aromatic carbocycles. The molecule has 0 spiro atoms. The third-order valence-electron chi connectivity index (χ3n) is 2.20. The number of carbonyl (C=O) groups excluding carboxylic acids is 1. The lowest BCUT2D eigenvalue weighted by molar-refractivity contribution is -0.104. The van der Waals surface area contributed by atoms with E-state index in [1.54, 1.807) is 6.08 Å². The van der Waals surface area contributed by atoms with Crippen molar-refractivity contribution in [3.63, 3.8) is 0 Å². The number of aldehydes is 1. The van der Waals surface area contributed by atoms with Gasteiger partial charge in [0.05, 0.1) is 0 Å². The molecule has 0 aliphatic carbocycles. The largest absolute Gasteiger partial charge is 0.465 e. The van der Waals surface area contributed by atoms with E-state index in [-0.39, 0.29) is 0 Å². The first kappa shape index (κ1) is 9.77. The summed E-state index contributed by atoms with van der Waals surface area (Å²) in [4.78, 5) is 22.2. The van der Waals surface area contributed by atoms with Crippen LogP contribution in [0.2, 0.25) is 0 Å². The predicted molar refractivity (Wildman–Crippen MR) is 47.6 cm³/mol. The van der Waals surface area contributed by atoms with Crippen molar-refractivity contribution in [1.29, 1.82) is 0 Å². The smallest absolute Gasteiger partial charge is 0.407 e. The van der Waals surface area contributed by atoms with Crippen molar-refractivity contribution in [2.75, 3.05) is 13.1 Å². The zero-order valence-electron chi connectivity index (χ0n) is 7.40. The van der Waals surface area contributed by atoms with Gasteiger partial charge in [-0.1, -0.05) is 5.57 Å². The molecular formula is C9H13NO3. The van der Waals surface area contributed by atoms with Crippen LogP contribution >= 0.6 is 0 Å². The van der Waals surface area contributed by atoms with Gasteiger partial charge in [0.2, 0.25) is 0 Å². The zero-order valence-corrected chi connectivity index (χ0v) is 7.40. The van der Waals surface area contributed by atoms with E-state index in [2.05, 4.69) is 0 Å². The van der Waals surface area contributed by atoms with Crippen molar-refractivity contribution in [1.82, 2.24) is 4.90 Å². The molecule has 0 atom stereocenters. The second kappa shape index (κ2) is 4.64. The summed E-state index contributed by atoms with van der Waals surface area (Å²) in [6, 6.07) is 0. The highest BCUT2D eigenvalue weighted by molar-refractivity contribution is 5.67. The van der Waals surface area contributed by atoms with Crippen LogP contribution in [-0.2, 0) is 4.79 Å². The summed E-state index contributed by atoms with van der Waals surface area (Å²) in [6.45, 7) is 1.08. The SMILES string of the molecule is O=CC=C1CCCN(C(=O)O)CC1. The van der Waals surface area contributed by atoms with Crippen LogP contribution < -0.4 is 0 Å². The highest BCUT2D eigenvalue weighted by Gasteiger charge is 2.15. The predicted octanol–water partition coefficient (Wildman–Crippen LogP) is 1.28. The van der Waals surface area contributed by atoms with Crippen LogP contribution in [0.4, 0.5) is 4.79 Å². The number of carbonyl (C=O) groups is 2. The highest BCUT2D eigenvalue weighted by atomic mass is 16.4. The molecule has 1 saturated heterocycles. The van der Waals surface area contributed by atoms with E-state index < -0.39 is 6.09 Å². The first-order valence-electron chi connectivity index (χ1n) is 4.35. The number of nitrogens with zero attached hydrogens (tertiary/aromatic N) is 1. The molecule has 1 aliphatic rings. The molecule has 1 aliphatic heterocycles. The Morgan fingerprint density at radius 3 is 2.77 bits per heavy atom. The molecule has 0 aromatic rings. The first-order chi connectivity index (χ1) is 6.24. The lowest BCUT2D eigenvalue weighted by Crippen LogP contribution is -2.30. The Bertz CT molecular complexity index is 235. The van der Waals surface area contributed by atoms with Crippen LogP contribution in [0.25, 0.3) is 0 Å². The Morgan fingerprint density at radius 1 is 1.38 bits per heavy atom. The van der Waals surface area contributed by atoms with Crippen LogP contribution in [-0.4, -0.2) is 35.5 Å². The molecule has 1 heterocycles. The third kappa shape index (κ3) is 2.89. The van der Waals surface area contributed by atoms with E-state index in [9.17, 15) is 9.59 Å². The van der Waals surface area contributed by atoms with Gasteiger partial charge in [-0.3, -0.25) is 4.79 Å². The van der Waals surface area contributed by atoms with Gasteiger partial charge >= 0.3 is 6.09 Å². The first-order valence-corrected chi connectivity index (χ1v) is 4.35. The monoisotopic (exact) mass is 183 g/mol. The Balaban J connectivity index is 2.53. The van der Waals surface area contributed by atoms with Crippen LogP contribution in [0.5, 0.6) is 0 Å². The minimum Gasteiger partial charge on any atom is -0.465 e. The average Bonchev–Trinajstić information content (AvgIpc) is 2.30. The maximum absolute atomic E-state index is 10.6. The van der Waals surface area contributed by atoms with Crippen LogP contribution in [0.1, 0.15) is 19.3 Å². The third-order valence-corrected chi connectivity index (χ3v) is 2.20. The van der Waals surface area contributed by atoms with Gasteiger partial charge in [0.1, 0.15) is 6.29 Å². The fourth-order valence-corrected chi connectivity index (χ4v) is 1.47. The van der Waals surface area contributed by atoms with E-state index in [4.69, 9.17) is 5.11 Å². The number of carboxylic acid groups (broad SMARTS) is 1. The zero-order chi connectivity index (χ0) is 9.68. The molecule has 1 N–H and O–H groups in total. The average molecular weight is 183 g/mol. The molecule has 0 saturated carbocycles. The molecule has 0 radical (unpaired) electrons. The molecule has 0 aromatic heterocycles.